The van der Waals surface area contributed by atoms with E-state index in [2.05, 4.69) is 10.4 Å². The molecule has 100 valence electrons. The molecule has 1 atom stereocenters. The van der Waals surface area contributed by atoms with E-state index < -0.39 is 0 Å². The van der Waals surface area contributed by atoms with Gasteiger partial charge in [0.15, 0.2) is 0 Å². The van der Waals surface area contributed by atoms with Crippen molar-refractivity contribution in [2.75, 3.05) is 6.61 Å². The van der Waals surface area contributed by atoms with Crippen molar-refractivity contribution in [3.8, 4) is 5.75 Å². The number of nitrogens with two attached hydrogens (primary N) is 1. The summed E-state index contributed by atoms with van der Waals surface area (Å²) in [6, 6.07) is 11.9. The van der Waals surface area contributed by atoms with Crippen molar-refractivity contribution in [3.05, 3.63) is 59.4 Å². The van der Waals surface area contributed by atoms with E-state index in [9.17, 15) is 0 Å². The minimum Gasteiger partial charge on any atom is -0.494 e. The van der Waals surface area contributed by atoms with Crippen LogP contribution in [0.4, 0.5) is 0 Å². The van der Waals surface area contributed by atoms with Crippen molar-refractivity contribution in [1.29, 1.82) is 0 Å². The summed E-state index contributed by atoms with van der Waals surface area (Å²) in [5.41, 5.74) is 5.94. The summed E-state index contributed by atoms with van der Waals surface area (Å²) in [5.74, 6) is 6.53. The fraction of sp³-hybridized carbons (Fsp3) is 0.267. The second-order valence-corrected chi connectivity index (χ2v) is 4.33. The number of aromatic nitrogens is 1. The Kier molecular flexibility index (Phi) is 4.49. The molecule has 0 fully saturated rings. The van der Waals surface area contributed by atoms with Gasteiger partial charge in [0.05, 0.1) is 12.6 Å². The molecule has 3 N–H and O–H groups in total. The molecule has 0 saturated carbocycles. The van der Waals surface area contributed by atoms with Crippen molar-refractivity contribution in [1.82, 2.24) is 10.4 Å². The monoisotopic (exact) mass is 257 g/mol. The molecule has 1 aromatic carbocycles. The van der Waals surface area contributed by atoms with E-state index in [-0.39, 0.29) is 6.04 Å². The first-order valence-electron chi connectivity index (χ1n) is 6.36. The molecule has 2 rings (SSSR count). The Morgan fingerprint density at radius 2 is 1.84 bits per heavy atom. The quantitative estimate of drug-likeness (QED) is 0.637. The van der Waals surface area contributed by atoms with E-state index in [1.165, 1.54) is 0 Å². The lowest BCUT2D eigenvalue weighted by atomic mass is 10.0. The van der Waals surface area contributed by atoms with Crippen molar-refractivity contribution in [3.63, 3.8) is 0 Å². The topological polar surface area (TPSA) is 60.2 Å². The maximum Gasteiger partial charge on any atom is 0.119 e. The van der Waals surface area contributed by atoms with Crippen molar-refractivity contribution >= 4 is 0 Å². The van der Waals surface area contributed by atoms with Gasteiger partial charge >= 0.3 is 0 Å². The number of nitrogens with zero attached hydrogens (tertiary/aromatic N) is 1. The standard InChI is InChI=1S/C15H19N3O/c1-3-19-14-8-6-12(7-9-14)15(18-16)13-5-4-11(2)17-10-13/h4-10,15,18H,3,16H2,1-2H3. The minimum absolute atomic E-state index is 0.0659. The van der Waals surface area contributed by atoms with E-state index in [4.69, 9.17) is 10.6 Å². The lowest BCUT2D eigenvalue weighted by Crippen LogP contribution is -2.28. The van der Waals surface area contributed by atoms with Crippen LogP contribution in [0.25, 0.3) is 0 Å². The Bertz CT molecular complexity index is 508. The number of pyridine rings is 1. The number of rotatable bonds is 5. The van der Waals surface area contributed by atoms with Crippen LogP contribution in [0.3, 0.4) is 0 Å². The Hall–Kier alpha value is -1.91. The Labute approximate surface area is 113 Å². The van der Waals surface area contributed by atoms with Gasteiger partial charge in [-0.15, -0.1) is 0 Å². The minimum atomic E-state index is -0.0659. The van der Waals surface area contributed by atoms with Crippen LogP contribution in [-0.2, 0) is 0 Å². The van der Waals surface area contributed by atoms with E-state index in [1.807, 2.05) is 56.4 Å². The Morgan fingerprint density at radius 3 is 2.37 bits per heavy atom. The average molecular weight is 257 g/mol. The molecule has 0 aliphatic carbocycles. The summed E-state index contributed by atoms with van der Waals surface area (Å²) in [5, 5.41) is 0. The van der Waals surface area contributed by atoms with E-state index in [1.54, 1.807) is 0 Å². The Morgan fingerprint density at radius 1 is 1.16 bits per heavy atom. The number of benzene rings is 1. The summed E-state index contributed by atoms with van der Waals surface area (Å²) in [6.07, 6.45) is 1.84. The predicted octanol–water partition coefficient (Wildman–Crippen LogP) is 2.34. The predicted molar refractivity (Wildman–Crippen MR) is 75.8 cm³/mol. The highest BCUT2D eigenvalue weighted by molar-refractivity contribution is 5.34. The van der Waals surface area contributed by atoms with Gasteiger partial charge in [0.25, 0.3) is 0 Å². The fourth-order valence-corrected chi connectivity index (χ4v) is 1.96. The van der Waals surface area contributed by atoms with Gasteiger partial charge in [-0.1, -0.05) is 18.2 Å². The zero-order valence-electron chi connectivity index (χ0n) is 11.3. The van der Waals surface area contributed by atoms with Crippen LogP contribution >= 0.6 is 0 Å². The molecule has 0 bridgehead atoms. The average Bonchev–Trinajstić information content (AvgIpc) is 2.44. The number of ether oxygens (including phenoxy) is 1. The normalized spacial score (nSPS) is 12.2. The first kappa shape index (κ1) is 13.5. The largest absolute Gasteiger partial charge is 0.494 e. The number of hydrogen-bond donors (Lipinski definition) is 2. The van der Waals surface area contributed by atoms with Gasteiger partial charge in [0, 0.05) is 11.9 Å². The summed E-state index contributed by atoms with van der Waals surface area (Å²) < 4.78 is 5.43. The third-order valence-electron chi connectivity index (χ3n) is 2.96. The first-order valence-corrected chi connectivity index (χ1v) is 6.36. The summed E-state index contributed by atoms with van der Waals surface area (Å²) in [4.78, 5) is 4.30. The van der Waals surface area contributed by atoms with Gasteiger partial charge in [0.2, 0.25) is 0 Å². The second kappa shape index (κ2) is 6.31. The number of hydrogen-bond acceptors (Lipinski definition) is 4. The molecule has 1 aromatic heterocycles. The molecule has 0 amide bonds. The third-order valence-corrected chi connectivity index (χ3v) is 2.96. The molecule has 2 aromatic rings. The smallest absolute Gasteiger partial charge is 0.119 e. The van der Waals surface area contributed by atoms with Crippen LogP contribution < -0.4 is 16.0 Å². The molecule has 0 aliphatic rings. The van der Waals surface area contributed by atoms with Crippen LogP contribution in [0.2, 0.25) is 0 Å². The van der Waals surface area contributed by atoms with Crippen molar-refractivity contribution in [2.24, 2.45) is 5.84 Å². The van der Waals surface area contributed by atoms with Crippen LogP contribution in [0, 0.1) is 6.92 Å². The molecule has 0 radical (unpaired) electrons. The van der Waals surface area contributed by atoms with Crippen LogP contribution in [-0.4, -0.2) is 11.6 Å². The van der Waals surface area contributed by atoms with Gasteiger partial charge in [-0.3, -0.25) is 10.8 Å². The molecule has 4 nitrogen and oxygen atoms in total. The second-order valence-electron chi connectivity index (χ2n) is 4.33. The van der Waals surface area contributed by atoms with Gasteiger partial charge in [0.1, 0.15) is 5.75 Å². The molecule has 0 aliphatic heterocycles. The van der Waals surface area contributed by atoms with Gasteiger partial charge in [-0.2, -0.15) is 0 Å². The molecular weight excluding hydrogens is 238 g/mol. The fourth-order valence-electron chi connectivity index (χ4n) is 1.96. The molecular formula is C15H19N3O. The molecule has 1 unspecified atom stereocenters. The highest BCUT2D eigenvalue weighted by atomic mass is 16.5. The zero-order valence-corrected chi connectivity index (χ0v) is 11.3. The Balaban J connectivity index is 2.23. The van der Waals surface area contributed by atoms with Crippen molar-refractivity contribution in [2.45, 2.75) is 19.9 Å². The van der Waals surface area contributed by atoms with Crippen molar-refractivity contribution < 1.29 is 4.74 Å². The first-order chi connectivity index (χ1) is 9.24. The maximum atomic E-state index is 5.66. The van der Waals surface area contributed by atoms with Gasteiger partial charge < -0.3 is 4.74 Å². The summed E-state index contributed by atoms with van der Waals surface area (Å²) in [6.45, 7) is 4.60. The molecule has 19 heavy (non-hydrogen) atoms. The van der Waals surface area contributed by atoms with Gasteiger partial charge in [-0.25, -0.2) is 5.43 Å². The summed E-state index contributed by atoms with van der Waals surface area (Å²) in [7, 11) is 0. The molecule has 1 heterocycles. The van der Waals surface area contributed by atoms with Crippen LogP contribution in [0.15, 0.2) is 42.6 Å². The summed E-state index contributed by atoms with van der Waals surface area (Å²) >= 11 is 0. The number of nitrogens with one attached hydrogen (secondary N) is 1. The van der Waals surface area contributed by atoms with Gasteiger partial charge in [-0.05, 0) is 43.2 Å². The highest BCUT2D eigenvalue weighted by Gasteiger charge is 2.12. The maximum absolute atomic E-state index is 5.66. The highest BCUT2D eigenvalue weighted by Crippen LogP contribution is 2.23. The van der Waals surface area contributed by atoms with E-state index >= 15 is 0 Å². The number of hydrazine groups is 1. The van der Waals surface area contributed by atoms with Crippen LogP contribution in [0.5, 0.6) is 5.75 Å². The lowest BCUT2D eigenvalue weighted by Gasteiger charge is -2.17. The third kappa shape index (κ3) is 3.30. The SMILES string of the molecule is CCOc1ccc(C(NN)c2ccc(C)nc2)cc1. The number of aryl methyl sites for hydroxylation is 1. The van der Waals surface area contributed by atoms with Crippen LogP contribution in [0.1, 0.15) is 29.8 Å². The lowest BCUT2D eigenvalue weighted by molar-refractivity contribution is 0.340. The molecule has 0 saturated heterocycles. The molecule has 0 spiro atoms. The zero-order chi connectivity index (χ0) is 13.7. The van der Waals surface area contributed by atoms with E-state index in [0.717, 1.165) is 22.6 Å². The van der Waals surface area contributed by atoms with E-state index in [0.29, 0.717) is 6.61 Å². The molecule has 4 heteroatoms.